The predicted molar refractivity (Wildman–Crippen MR) is 78.3 cm³/mol. The monoisotopic (exact) mass is 323 g/mol. The van der Waals surface area contributed by atoms with Gasteiger partial charge in [0.25, 0.3) is 0 Å². The van der Waals surface area contributed by atoms with E-state index in [1.165, 1.54) is 13.8 Å². The molecule has 0 aromatic heterocycles. The minimum atomic E-state index is -3.80. The number of carbonyl (C=O) groups is 2. The van der Waals surface area contributed by atoms with Crippen molar-refractivity contribution in [2.45, 2.75) is 36.6 Å². The Kier molecular flexibility index (Phi) is 3.19. The van der Waals surface area contributed by atoms with Gasteiger partial charge in [0.05, 0.1) is 0 Å². The number of aliphatic hydroxyl groups excluding tert-OH is 1. The summed E-state index contributed by atoms with van der Waals surface area (Å²) in [5.74, 6) is -2.24. The molecule has 0 radical (unpaired) electrons. The fraction of sp³-hybridized carbons (Fsp3) is 0.467. The molecule has 2 unspecified atom stereocenters. The van der Waals surface area contributed by atoms with Crippen molar-refractivity contribution >= 4 is 21.5 Å². The fourth-order valence-corrected chi connectivity index (χ4v) is 5.25. The number of nitrogens with zero attached hydrogens (tertiary/aromatic N) is 1. The van der Waals surface area contributed by atoms with Gasteiger partial charge in [0, 0.05) is 6.42 Å². The van der Waals surface area contributed by atoms with Gasteiger partial charge in [0.15, 0.2) is 21.0 Å². The maximum atomic E-state index is 12.5. The van der Waals surface area contributed by atoms with Crippen molar-refractivity contribution in [3.05, 3.63) is 35.9 Å². The molecule has 0 bridgehead atoms. The Morgan fingerprint density at radius 2 is 1.86 bits per heavy atom. The first kappa shape index (κ1) is 15.2. The van der Waals surface area contributed by atoms with Gasteiger partial charge in [-0.2, -0.15) is 0 Å². The molecule has 7 heteroatoms. The highest BCUT2D eigenvalue weighted by Crippen LogP contribution is 2.48. The second-order valence-corrected chi connectivity index (χ2v) is 8.89. The fourth-order valence-electron chi connectivity index (χ4n) is 3.07. The van der Waals surface area contributed by atoms with Gasteiger partial charge < -0.3 is 5.11 Å². The van der Waals surface area contributed by atoms with E-state index in [1.807, 2.05) is 6.07 Å². The zero-order chi connectivity index (χ0) is 16.3. The summed E-state index contributed by atoms with van der Waals surface area (Å²) in [6, 6.07) is 8.86. The Balaban J connectivity index is 1.89. The molecule has 1 N–H and O–H groups in total. The van der Waals surface area contributed by atoms with Crippen LogP contribution in [0.1, 0.15) is 19.4 Å². The van der Waals surface area contributed by atoms with E-state index in [0.717, 1.165) is 10.5 Å². The first-order chi connectivity index (χ1) is 10.2. The smallest absolute Gasteiger partial charge is 0.239 e. The lowest BCUT2D eigenvalue weighted by atomic mass is 9.89. The van der Waals surface area contributed by atoms with Gasteiger partial charge in [-0.3, -0.25) is 14.5 Å². The number of hydrogen-bond donors (Lipinski definition) is 1. The number of benzene rings is 1. The number of sulfone groups is 1. The lowest BCUT2D eigenvalue weighted by Gasteiger charge is -2.41. The second kappa shape index (κ2) is 4.63. The summed E-state index contributed by atoms with van der Waals surface area (Å²) in [4.78, 5) is 25.4. The third-order valence-electron chi connectivity index (χ3n) is 4.58. The lowest BCUT2D eigenvalue weighted by molar-refractivity contribution is -0.168. The Labute approximate surface area is 128 Å². The van der Waals surface area contributed by atoms with Gasteiger partial charge >= 0.3 is 0 Å². The van der Waals surface area contributed by atoms with E-state index in [1.54, 1.807) is 24.3 Å². The summed E-state index contributed by atoms with van der Waals surface area (Å²) in [5, 5.41) is 8.82. The Hall–Kier alpha value is -1.73. The van der Waals surface area contributed by atoms with Crippen molar-refractivity contribution in [3.8, 4) is 0 Å². The Morgan fingerprint density at radius 3 is 2.45 bits per heavy atom. The SMILES string of the molecule is CC1(C)C(O)N2C(=O)C(C(=O)Cc3ccccc3)[C@@H]2S1(=O)=O. The minimum absolute atomic E-state index is 0.00757. The molecule has 2 aliphatic rings. The van der Waals surface area contributed by atoms with Crippen LogP contribution in [-0.4, -0.2) is 46.5 Å². The second-order valence-electron chi connectivity index (χ2n) is 6.26. The van der Waals surface area contributed by atoms with E-state index in [-0.39, 0.29) is 6.42 Å². The molecule has 3 rings (SSSR count). The topological polar surface area (TPSA) is 91.8 Å². The number of fused-ring (bicyclic) bond motifs is 1. The van der Waals surface area contributed by atoms with Gasteiger partial charge in [0.2, 0.25) is 5.91 Å². The highest BCUT2D eigenvalue weighted by Gasteiger charge is 2.71. The molecule has 6 nitrogen and oxygen atoms in total. The minimum Gasteiger partial charge on any atom is -0.372 e. The molecular weight excluding hydrogens is 306 g/mol. The van der Waals surface area contributed by atoms with Crippen LogP contribution in [-0.2, 0) is 25.8 Å². The lowest BCUT2D eigenvalue weighted by Crippen LogP contribution is -2.64. The summed E-state index contributed by atoms with van der Waals surface area (Å²) >= 11 is 0. The van der Waals surface area contributed by atoms with Crippen LogP contribution < -0.4 is 0 Å². The zero-order valence-corrected chi connectivity index (χ0v) is 13.1. The number of carbonyl (C=O) groups excluding carboxylic acids is 2. The molecule has 1 aromatic rings. The van der Waals surface area contributed by atoms with Crippen molar-refractivity contribution in [2.24, 2.45) is 5.92 Å². The highest BCUT2D eigenvalue weighted by atomic mass is 32.2. The summed E-state index contributed by atoms with van der Waals surface area (Å²) < 4.78 is 23.5. The molecule has 0 aliphatic carbocycles. The molecule has 2 aliphatic heterocycles. The molecule has 22 heavy (non-hydrogen) atoms. The van der Waals surface area contributed by atoms with Gasteiger partial charge in [-0.15, -0.1) is 0 Å². The number of ketones is 1. The number of aliphatic hydroxyl groups is 1. The molecule has 118 valence electrons. The van der Waals surface area contributed by atoms with E-state index in [4.69, 9.17) is 0 Å². The van der Waals surface area contributed by atoms with E-state index >= 15 is 0 Å². The highest BCUT2D eigenvalue weighted by molar-refractivity contribution is 7.93. The molecule has 3 atom stereocenters. The predicted octanol–water partition coefficient (Wildman–Crippen LogP) is 0.108. The Morgan fingerprint density at radius 1 is 1.27 bits per heavy atom. The van der Waals surface area contributed by atoms with Crippen LogP contribution in [0.4, 0.5) is 0 Å². The summed E-state index contributed by atoms with van der Waals surface area (Å²) in [7, 11) is -3.80. The van der Waals surface area contributed by atoms with Crippen LogP contribution in [0, 0.1) is 5.92 Å². The normalized spacial score (nSPS) is 31.5. The van der Waals surface area contributed by atoms with Crippen molar-refractivity contribution < 1.29 is 23.1 Å². The molecule has 2 fully saturated rings. The van der Waals surface area contributed by atoms with Crippen LogP contribution in [0.5, 0.6) is 0 Å². The van der Waals surface area contributed by atoms with Crippen molar-refractivity contribution in [1.29, 1.82) is 0 Å². The standard InChI is InChI=1S/C15H17NO5S/c1-15(2)14(19)16-12(18)11(13(16)22(15,20)21)10(17)8-9-6-4-3-5-7-9/h3-7,11,13-14,19H,8H2,1-2H3/t11?,13-,14?/m0/s1. The van der Waals surface area contributed by atoms with Crippen molar-refractivity contribution in [1.82, 2.24) is 4.90 Å². The van der Waals surface area contributed by atoms with Gasteiger partial charge in [-0.1, -0.05) is 30.3 Å². The molecule has 1 aromatic carbocycles. The van der Waals surface area contributed by atoms with Crippen molar-refractivity contribution in [3.63, 3.8) is 0 Å². The van der Waals surface area contributed by atoms with Gasteiger partial charge in [0.1, 0.15) is 16.9 Å². The largest absolute Gasteiger partial charge is 0.372 e. The van der Waals surface area contributed by atoms with Gasteiger partial charge in [-0.25, -0.2) is 8.42 Å². The van der Waals surface area contributed by atoms with E-state index in [9.17, 15) is 23.1 Å². The molecular formula is C15H17NO5S. The zero-order valence-electron chi connectivity index (χ0n) is 12.3. The van der Waals surface area contributed by atoms with Gasteiger partial charge in [-0.05, 0) is 19.4 Å². The Bertz CT molecular complexity index is 740. The maximum Gasteiger partial charge on any atom is 0.239 e. The average molecular weight is 323 g/mol. The van der Waals surface area contributed by atoms with Crippen molar-refractivity contribution in [2.75, 3.05) is 0 Å². The number of rotatable bonds is 3. The van der Waals surface area contributed by atoms with E-state index in [2.05, 4.69) is 0 Å². The van der Waals surface area contributed by atoms with Crippen LogP contribution in [0.2, 0.25) is 0 Å². The molecule has 2 saturated heterocycles. The van der Waals surface area contributed by atoms with Crippen LogP contribution in [0.25, 0.3) is 0 Å². The van der Waals surface area contributed by atoms with E-state index in [0.29, 0.717) is 0 Å². The number of Topliss-reactive ketones (excluding diaryl/α,β-unsaturated/α-hetero) is 1. The third kappa shape index (κ3) is 1.78. The van der Waals surface area contributed by atoms with Crippen LogP contribution in [0.3, 0.4) is 0 Å². The summed E-state index contributed by atoms with van der Waals surface area (Å²) in [6.07, 6.45) is -1.40. The quantitative estimate of drug-likeness (QED) is 0.629. The third-order valence-corrected chi connectivity index (χ3v) is 7.40. The van der Waals surface area contributed by atoms with Crippen LogP contribution >= 0.6 is 0 Å². The molecule has 2 heterocycles. The molecule has 0 saturated carbocycles. The summed E-state index contributed by atoms with van der Waals surface area (Å²) in [5.41, 5.74) is 0.731. The number of hydrogen-bond acceptors (Lipinski definition) is 5. The number of amides is 1. The van der Waals surface area contributed by atoms with Crippen LogP contribution in [0.15, 0.2) is 30.3 Å². The summed E-state index contributed by atoms with van der Waals surface area (Å²) in [6.45, 7) is 2.74. The maximum absolute atomic E-state index is 12.5. The first-order valence-electron chi connectivity index (χ1n) is 7.00. The average Bonchev–Trinajstić information content (AvgIpc) is 2.55. The number of β-lactam (4-membered cyclic amide) rings is 1. The van der Waals surface area contributed by atoms with E-state index < -0.39 is 43.8 Å². The molecule has 1 amide bonds. The first-order valence-corrected chi connectivity index (χ1v) is 8.54. The molecule has 0 spiro atoms.